The number of thiazole rings is 1. The van der Waals surface area contributed by atoms with Crippen molar-refractivity contribution in [1.29, 1.82) is 0 Å². The summed E-state index contributed by atoms with van der Waals surface area (Å²) in [6.07, 6.45) is 0. The molecule has 0 bridgehead atoms. The molecular weight excluding hydrogens is 290 g/mol. The van der Waals surface area contributed by atoms with Gasteiger partial charge in [-0.15, -0.1) is 22.9 Å². The summed E-state index contributed by atoms with van der Waals surface area (Å²) < 4.78 is 2.21. The van der Waals surface area contributed by atoms with E-state index in [1.807, 2.05) is 19.4 Å². The van der Waals surface area contributed by atoms with E-state index < -0.39 is 0 Å². The number of hydrogen-bond donors (Lipinski definition) is 0. The zero-order valence-electron chi connectivity index (χ0n) is 11.7. The Hall–Kier alpha value is -1.39. The first-order chi connectivity index (χ1) is 9.58. The van der Waals surface area contributed by atoms with Crippen LogP contribution < -0.4 is 0 Å². The minimum Gasteiger partial charge on any atom is -0.321 e. The lowest BCUT2D eigenvalue weighted by molar-refractivity contribution is 0.746. The van der Waals surface area contributed by atoms with Crippen molar-refractivity contribution >= 4 is 34.0 Å². The van der Waals surface area contributed by atoms with E-state index in [0.29, 0.717) is 0 Å². The summed E-state index contributed by atoms with van der Waals surface area (Å²) in [4.78, 5) is 10.3. The highest BCUT2D eigenvalue weighted by Gasteiger charge is 2.17. The van der Waals surface area contributed by atoms with Crippen LogP contribution in [0.1, 0.15) is 34.3 Å². The first kappa shape index (κ1) is 13.6. The number of nitrogens with zero attached hydrogens (tertiary/aromatic N) is 3. The van der Waals surface area contributed by atoms with Gasteiger partial charge in [0.2, 0.25) is 0 Å². The molecule has 0 saturated carbocycles. The molecule has 3 rings (SSSR count). The van der Waals surface area contributed by atoms with Gasteiger partial charge in [0.1, 0.15) is 5.82 Å². The van der Waals surface area contributed by atoms with Crippen LogP contribution in [0, 0.1) is 13.8 Å². The normalized spacial score (nSPS) is 13.0. The van der Waals surface area contributed by atoms with Crippen molar-refractivity contribution < 1.29 is 0 Å². The van der Waals surface area contributed by atoms with Crippen LogP contribution in [0.25, 0.3) is 11.0 Å². The van der Waals surface area contributed by atoms with Crippen molar-refractivity contribution in [3.63, 3.8) is 0 Å². The van der Waals surface area contributed by atoms with Crippen molar-refractivity contribution in [2.45, 2.75) is 32.7 Å². The summed E-state index contributed by atoms with van der Waals surface area (Å²) in [5.41, 5.74) is 6.33. The number of para-hydroxylation sites is 1. The van der Waals surface area contributed by atoms with Gasteiger partial charge >= 0.3 is 0 Å². The summed E-state index contributed by atoms with van der Waals surface area (Å²) in [5, 5.41) is -0.116. The van der Waals surface area contributed by atoms with Gasteiger partial charge in [0, 0.05) is 4.88 Å². The molecular formula is C15H16ClN3S. The van der Waals surface area contributed by atoms with E-state index in [9.17, 15) is 0 Å². The first-order valence-electron chi connectivity index (χ1n) is 6.56. The fourth-order valence-corrected chi connectivity index (χ4v) is 3.33. The van der Waals surface area contributed by atoms with Crippen LogP contribution in [-0.2, 0) is 6.54 Å². The zero-order chi connectivity index (χ0) is 14.3. The number of benzene rings is 1. The molecule has 0 N–H and O–H groups in total. The molecule has 5 heteroatoms. The lowest BCUT2D eigenvalue weighted by atomic mass is 10.2. The number of aromatic nitrogens is 3. The smallest absolute Gasteiger partial charge is 0.128 e. The number of aryl methyl sites for hydroxylation is 2. The maximum absolute atomic E-state index is 6.32. The lowest BCUT2D eigenvalue weighted by Gasteiger charge is -2.09. The van der Waals surface area contributed by atoms with E-state index >= 15 is 0 Å². The van der Waals surface area contributed by atoms with Crippen molar-refractivity contribution in [3.05, 3.63) is 45.7 Å². The van der Waals surface area contributed by atoms with Crippen LogP contribution in [0.5, 0.6) is 0 Å². The molecule has 2 heterocycles. The Kier molecular flexibility index (Phi) is 3.52. The second kappa shape index (κ2) is 5.19. The maximum Gasteiger partial charge on any atom is 0.128 e. The van der Waals surface area contributed by atoms with Gasteiger partial charge in [0.15, 0.2) is 0 Å². The van der Waals surface area contributed by atoms with E-state index in [2.05, 4.69) is 34.7 Å². The van der Waals surface area contributed by atoms with Gasteiger partial charge in [0.25, 0.3) is 0 Å². The minimum atomic E-state index is -0.116. The van der Waals surface area contributed by atoms with Gasteiger partial charge in [0.05, 0.1) is 34.2 Å². The topological polar surface area (TPSA) is 30.7 Å². The molecule has 104 valence electrons. The van der Waals surface area contributed by atoms with Crippen molar-refractivity contribution in [2.75, 3.05) is 0 Å². The monoisotopic (exact) mass is 305 g/mol. The molecule has 0 aliphatic rings. The van der Waals surface area contributed by atoms with Crippen LogP contribution >= 0.6 is 22.9 Å². The highest BCUT2D eigenvalue weighted by molar-refractivity contribution is 7.09. The molecule has 0 saturated heterocycles. The van der Waals surface area contributed by atoms with Gasteiger partial charge in [-0.1, -0.05) is 12.1 Å². The molecule has 1 unspecified atom stereocenters. The third kappa shape index (κ3) is 2.23. The Labute approximate surface area is 127 Å². The average molecular weight is 306 g/mol. The summed E-state index contributed by atoms with van der Waals surface area (Å²) >= 11 is 7.99. The van der Waals surface area contributed by atoms with Crippen molar-refractivity contribution in [2.24, 2.45) is 0 Å². The summed E-state index contributed by atoms with van der Waals surface area (Å²) in [6, 6.07) is 6.26. The standard InChI is InChI=1S/C15H16ClN3S/c1-9-5-4-6-12-14(9)18-15(10(2)16)19(12)7-13-11(3)17-8-20-13/h4-6,8,10H,7H2,1-3H3. The lowest BCUT2D eigenvalue weighted by Crippen LogP contribution is -2.05. The molecule has 1 aromatic carbocycles. The van der Waals surface area contributed by atoms with Gasteiger partial charge in [-0.3, -0.25) is 0 Å². The molecule has 3 nitrogen and oxygen atoms in total. The summed E-state index contributed by atoms with van der Waals surface area (Å²) in [7, 11) is 0. The molecule has 2 aromatic heterocycles. The highest BCUT2D eigenvalue weighted by atomic mass is 35.5. The number of fused-ring (bicyclic) bond motifs is 1. The summed E-state index contributed by atoms with van der Waals surface area (Å²) in [5.74, 6) is 0.920. The van der Waals surface area contributed by atoms with Crippen LogP contribution in [0.4, 0.5) is 0 Å². The van der Waals surface area contributed by atoms with Crippen LogP contribution in [-0.4, -0.2) is 14.5 Å². The van der Waals surface area contributed by atoms with Crippen LogP contribution in [0.2, 0.25) is 0 Å². The van der Waals surface area contributed by atoms with Gasteiger partial charge in [-0.2, -0.15) is 0 Å². The predicted octanol–water partition coefficient (Wildman–Crippen LogP) is 4.46. The first-order valence-corrected chi connectivity index (χ1v) is 7.88. The Morgan fingerprint density at radius 3 is 2.80 bits per heavy atom. The molecule has 0 radical (unpaired) electrons. The highest BCUT2D eigenvalue weighted by Crippen LogP contribution is 2.28. The SMILES string of the molecule is Cc1ncsc1Cn1c(C(C)Cl)nc2c(C)cccc21. The van der Waals surface area contributed by atoms with E-state index in [-0.39, 0.29) is 5.38 Å². The molecule has 0 amide bonds. The van der Waals surface area contributed by atoms with Gasteiger partial charge < -0.3 is 4.57 Å². The molecule has 0 aliphatic carbocycles. The van der Waals surface area contributed by atoms with E-state index in [1.165, 1.54) is 10.4 Å². The van der Waals surface area contributed by atoms with E-state index in [1.54, 1.807) is 11.3 Å². The maximum atomic E-state index is 6.32. The fraction of sp³-hybridized carbons (Fsp3) is 0.333. The van der Waals surface area contributed by atoms with Crippen molar-refractivity contribution in [3.8, 4) is 0 Å². The number of imidazole rings is 1. The Morgan fingerprint density at radius 1 is 1.35 bits per heavy atom. The third-order valence-electron chi connectivity index (χ3n) is 3.51. The number of alkyl halides is 1. The number of hydrogen-bond acceptors (Lipinski definition) is 3. The number of halogens is 1. The van der Waals surface area contributed by atoms with E-state index in [4.69, 9.17) is 16.6 Å². The molecule has 0 fully saturated rings. The molecule has 20 heavy (non-hydrogen) atoms. The van der Waals surface area contributed by atoms with Gasteiger partial charge in [-0.05, 0) is 32.4 Å². The second-order valence-corrected chi connectivity index (χ2v) is 6.57. The third-order valence-corrected chi connectivity index (χ3v) is 4.63. The van der Waals surface area contributed by atoms with E-state index in [0.717, 1.165) is 29.1 Å². The fourth-order valence-electron chi connectivity index (χ4n) is 2.40. The van der Waals surface area contributed by atoms with Crippen LogP contribution in [0.3, 0.4) is 0 Å². The van der Waals surface area contributed by atoms with Crippen LogP contribution in [0.15, 0.2) is 23.7 Å². The largest absolute Gasteiger partial charge is 0.321 e. The Balaban J connectivity index is 2.19. The van der Waals surface area contributed by atoms with Crippen molar-refractivity contribution in [1.82, 2.24) is 14.5 Å². The average Bonchev–Trinajstić information content (AvgIpc) is 2.96. The zero-order valence-corrected chi connectivity index (χ0v) is 13.3. The Bertz CT molecular complexity index is 758. The summed E-state index contributed by atoms with van der Waals surface area (Å²) in [6.45, 7) is 6.87. The quantitative estimate of drug-likeness (QED) is 0.669. The minimum absolute atomic E-state index is 0.116. The van der Waals surface area contributed by atoms with Gasteiger partial charge in [-0.25, -0.2) is 9.97 Å². The number of rotatable bonds is 3. The molecule has 0 spiro atoms. The predicted molar refractivity (Wildman–Crippen MR) is 84.7 cm³/mol. The second-order valence-electron chi connectivity index (χ2n) is 4.98. The molecule has 3 aromatic rings. The Morgan fingerprint density at radius 2 is 2.15 bits per heavy atom. The molecule has 0 aliphatic heterocycles. The molecule has 1 atom stereocenters.